The lowest BCUT2D eigenvalue weighted by Gasteiger charge is -2.27. The maximum absolute atomic E-state index is 12.6. The molecular formula is C21H26O7. The standard InChI is InChI=1S/C21H26O7/c1-3-17(22)20(25,26)15-9-5-13(6-10-15)19(24)14-7-11-16(12-8-14)21(27,28)18(23)4-2/h5-12,17-18,22-23,25-28H,3-4H2,1-2H3. The predicted octanol–water partition coefficient (Wildman–Crippen LogP) is 0.734. The fraction of sp³-hybridized carbons (Fsp3) is 0.381. The van der Waals surface area contributed by atoms with Gasteiger partial charge in [0, 0.05) is 22.3 Å². The van der Waals surface area contributed by atoms with E-state index in [0.29, 0.717) is 0 Å². The van der Waals surface area contributed by atoms with Crippen molar-refractivity contribution in [2.75, 3.05) is 0 Å². The highest BCUT2D eigenvalue weighted by atomic mass is 16.5. The maximum atomic E-state index is 12.6. The minimum atomic E-state index is -2.41. The number of aliphatic hydroxyl groups is 6. The third-order valence-corrected chi connectivity index (χ3v) is 4.85. The summed E-state index contributed by atoms with van der Waals surface area (Å²) in [6.45, 7) is 3.22. The van der Waals surface area contributed by atoms with Crippen molar-refractivity contribution in [3.8, 4) is 0 Å². The summed E-state index contributed by atoms with van der Waals surface area (Å²) in [5.74, 6) is -5.18. The van der Waals surface area contributed by atoms with Gasteiger partial charge in [0.25, 0.3) is 0 Å². The maximum Gasteiger partial charge on any atom is 0.216 e. The number of carbonyl (C=O) groups is 1. The third kappa shape index (κ3) is 4.30. The van der Waals surface area contributed by atoms with E-state index in [2.05, 4.69) is 0 Å². The topological polar surface area (TPSA) is 138 Å². The Hall–Kier alpha value is -2.13. The van der Waals surface area contributed by atoms with Gasteiger partial charge in [-0.15, -0.1) is 0 Å². The normalized spacial score (nSPS) is 14.6. The van der Waals surface area contributed by atoms with Crippen LogP contribution in [0.25, 0.3) is 0 Å². The van der Waals surface area contributed by atoms with Crippen LogP contribution >= 0.6 is 0 Å². The van der Waals surface area contributed by atoms with Crippen molar-refractivity contribution in [3.63, 3.8) is 0 Å². The second kappa shape index (κ2) is 8.48. The molecule has 0 radical (unpaired) electrons. The molecule has 6 N–H and O–H groups in total. The van der Waals surface area contributed by atoms with E-state index >= 15 is 0 Å². The van der Waals surface area contributed by atoms with Crippen LogP contribution < -0.4 is 0 Å². The largest absolute Gasteiger partial charge is 0.387 e. The van der Waals surface area contributed by atoms with Gasteiger partial charge in [-0.25, -0.2) is 0 Å². The smallest absolute Gasteiger partial charge is 0.216 e. The Kier molecular flexibility index (Phi) is 6.71. The van der Waals surface area contributed by atoms with Gasteiger partial charge < -0.3 is 30.6 Å². The van der Waals surface area contributed by atoms with E-state index in [-0.39, 0.29) is 40.9 Å². The van der Waals surface area contributed by atoms with Crippen LogP contribution in [0.2, 0.25) is 0 Å². The van der Waals surface area contributed by atoms with Crippen LogP contribution in [0, 0.1) is 0 Å². The van der Waals surface area contributed by atoms with Gasteiger partial charge in [-0.05, 0) is 12.8 Å². The van der Waals surface area contributed by atoms with Gasteiger partial charge in [0.05, 0.1) is 0 Å². The second-order valence-electron chi connectivity index (χ2n) is 6.78. The minimum Gasteiger partial charge on any atom is -0.387 e. The molecule has 0 saturated carbocycles. The first-order chi connectivity index (χ1) is 13.1. The van der Waals surface area contributed by atoms with Crippen molar-refractivity contribution in [3.05, 3.63) is 70.8 Å². The summed E-state index contributed by atoms with van der Waals surface area (Å²) >= 11 is 0. The van der Waals surface area contributed by atoms with E-state index in [4.69, 9.17) is 0 Å². The van der Waals surface area contributed by atoms with Crippen LogP contribution in [-0.4, -0.2) is 48.6 Å². The van der Waals surface area contributed by atoms with Crippen LogP contribution in [-0.2, 0) is 11.6 Å². The fourth-order valence-corrected chi connectivity index (χ4v) is 2.85. The summed E-state index contributed by atoms with van der Waals surface area (Å²) in [6, 6.07) is 11.1. The lowest BCUT2D eigenvalue weighted by molar-refractivity contribution is -0.235. The Bertz CT molecular complexity index is 727. The van der Waals surface area contributed by atoms with Crippen molar-refractivity contribution in [1.82, 2.24) is 0 Å². The lowest BCUT2D eigenvalue weighted by atomic mass is 9.94. The van der Waals surface area contributed by atoms with E-state index in [0.717, 1.165) is 0 Å². The molecule has 0 aromatic heterocycles. The molecule has 0 aliphatic carbocycles. The number of benzene rings is 2. The number of ketones is 1. The molecular weight excluding hydrogens is 364 g/mol. The molecule has 0 aliphatic rings. The van der Waals surface area contributed by atoms with Crippen LogP contribution in [0.5, 0.6) is 0 Å². The fourth-order valence-electron chi connectivity index (χ4n) is 2.85. The van der Waals surface area contributed by atoms with Crippen molar-refractivity contribution < 1.29 is 35.4 Å². The van der Waals surface area contributed by atoms with Crippen LogP contribution in [0.4, 0.5) is 0 Å². The average Bonchev–Trinajstić information content (AvgIpc) is 2.71. The van der Waals surface area contributed by atoms with Gasteiger partial charge in [0.15, 0.2) is 5.78 Å². The predicted molar refractivity (Wildman–Crippen MR) is 101 cm³/mol. The number of hydrogen-bond acceptors (Lipinski definition) is 7. The minimum absolute atomic E-state index is 0.0626. The molecule has 0 spiro atoms. The third-order valence-electron chi connectivity index (χ3n) is 4.85. The van der Waals surface area contributed by atoms with E-state index < -0.39 is 23.8 Å². The number of carbonyl (C=O) groups excluding carboxylic acids is 1. The number of aliphatic hydroxyl groups excluding tert-OH is 2. The van der Waals surface area contributed by atoms with Crippen LogP contribution in [0.3, 0.4) is 0 Å². The molecule has 152 valence electrons. The molecule has 2 aromatic carbocycles. The van der Waals surface area contributed by atoms with Gasteiger partial charge >= 0.3 is 0 Å². The molecule has 0 heterocycles. The van der Waals surface area contributed by atoms with Crippen LogP contribution in [0.1, 0.15) is 53.7 Å². The zero-order valence-electron chi connectivity index (χ0n) is 15.8. The highest BCUT2D eigenvalue weighted by molar-refractivity contribution is 6.09. The van der Waals surface area contributed by atoms with Crippen molar-refractivity contribution in [2.45, 2.75) is 50.5 Å². The summed E-state index contributed by atoms with van der Waals surface area (Å²) < 4.78 is 0. The first-order valence-electron chi connectivity index (χ1n) is 9.07. The Balaban J connectivity index is 2.23. The summed E-state index contributed by atoms with van der Waals surface area (Å²) in [5, 5.41) is 59.5. The highest BCUT2D eigenvalue weighted by Crippen LogP contribution is 2.26. The average molecular weight is 390 g/mol. The van der Waals surface area contributed by atoms with Gasteiger partial charge in [-0.2, -0.15) is 0 Å². The molecule has 28 heavy (non-hydrogen) atoms. The van der Waals surface area contributed by atoms with Crippen molar-refractivity contribution in [1.29, 1.82) is 0 Å². The van der Waals surface area contributed by atoms with Gasteiger partial charge in [0.1, 0.15) is 12.2 Å². The van der Waals surface area contributed by atoms with E-state index in [9.17, 15) is 35.4 Å². The summed E-state index contributed by atoms with van der Waals surface area (Å²) in [4.78, 5) is 12.6. The zero-order chi connectivity index (χ0) is 21.1. The van der Waals surface area contributed by atoms with Crippen molar-refractivity contribution in [2.24, 2.45) is 0 Å². The Morgan fingerprint density at radius 2 is 1.00 bits per heavy atom. The molecule has 0 aliphatic heterocycles. The van der Waals surface area contributed by atoms with Gasteiger partial charge in [-0.1, -0.05) is 62.4 Å². The summed E-state index contributed by atoms with van der Waals surface area (Å²) in [5.41, 5.74) is 0.692. The van der Waals surface area contributed by atoms with E-state index in [1.807, 2.05) is 0 Å². The molecule has 7 nitrogen and oxygen atoms in total. The molecule has 2 unspecified atom stereocenters. The second-order valence-corrected chi connectivity index (χ2v) is 6.78. The van der Waals surface area contributed by atoms with Crippen LogP contribution in [0.15, 0.2) is 48.5 Å². The lowest BCUT2D eigenvalue weighted by Crippen LogP contribution is -2.38. The highest BCUT2D eigenvalue weighted by Gasteiger charge is 2.35. The molecule has 2 aromatic rings. The van der Waals surface area contributed by atoms with Gasteiger partial charge in [-0.3, -0.25) is 4.79 Å². The van der Waals surface area contributed by atoms with Crippen molar-refractivity contribution >= 4 is 5.78 Å². The monoisotopic (exact) mass is 390 g/mol. The number of hydrogen-bond donors (Lipinski definition) is 6. The molecule has 0 fully saturated rings. The molecule has 0 amide bonds. The van der Waals surface area contributed by atoms with E-state index in [1.54, 1.807) is 13.8 Å². The van der Waals surface area contributed by atoms with Gasteiger partial charge in [0.2, 0.25) is 11.6 Å². The number of rotatable bonds is 8. The Morgan fingerprint density at radius 3 is 1.25 bits per heavy atom. The first kappa shape index (κ1) is 22.2. The summed E-state index contributed by atoms with van der Waals surface area (Å²) in [7, 11) is 0. The Morgan fingerprint density at radius 1 is 0.714 bits per heavy atom. The molecule has 2 atom stereocenters. The molecule has 0 saturated heterocycles. The molecule has 7 heteroatoms. The molecule has 2 rings (SSSR count). The first-order valence-corrected chi connectivity index (χ1v) is 9.07. The molecule has 0 bridgehead atoms. The quantitative estimate of drug-likeness (QED) is 0.289. The Labute approximate surface area is 163 Å². The summed E-state index contributed by atoms with van der Waals surface area (Å²) in [6.07, 6.45) is -2.44. The SMILES string of the molecule is CCC(O)C(O)(O)c1ccc(C(=O)c2ccc(C(O)(O)C(O)CC)cc2)cc1. The zero-order valence-corrected chi connectivity index (χ0v) is 15.8. The van der Waals surface area contributed by atoms with E-state index in [1.165, 1.54) is 48.5 Å².